The minimum atomic E-state index is -0.871. The average Bonchev–Trinajstić information content (AvgIpc) is 2.54. The molecule has 1 aromatic heterocycles. The van der Waals surface area contributed by atoms with Gasteiger partial charge in [0.2, 0.25) is 0 Å². The van der Waals surface area contributed by atoms with E-state index in [1.165, 1.54) is 0 Å². The van der Waals surface area contributed by atoms with Crippen molar-refractivity contribution < 1.29 is 5.11 Å². The molecule has 2 aromatic rings. The molecule has 0 radical (unpaired) electrons. The van der Waals surface area contributed by atoms with E-state index < -0.39 is 5.60 Å². The highest BCUT2D eigenvalue weighted by Crippen LogP contribution is 2.24. The lowest BCUT2D eigenvalue weighted by molar-refractivity contribution is 0.0935. The largest absolute Gasteiger partial charge is 0.385 e. The first-order chi connectivity index (χ1) is 11.1. The summed E-state index contributed by atoms with van der Waals surface area (Å²) >= 11 is 0. The van der Waals surface area contributed by atoms with E-state index in [0.717, 1.165) is 36.2 Å². The summed E-state index contributed by atoms with van der Waals surface area (Å²) < 4.78 is 0. The van der Waals surface area contributed by atoms with Crippen molar-refractivity contribution in [3.8, 4) is 0 Å². The van der Waals surface area contributed by atoms with E-state index in [1.807, 2.05) is 42.5 Å². The Hall–Kier alpha value is -2.20. The quantitative estimate of drug-likeness (QED) is 0.892. The number of aryl methyl sites for hydroxylation is 1. The highest BCUT2D eigenvalue weighted by Gasteiger charge is 2.24. The maximum Gasteiger partial charge on any atom is 0.258 e. The number of hydrogen-bond donors (Lipinski definition) is 2. The lowest BCUT2D eigenvalue weighted by Gasteiger charge is -2.25. The van der Waals surface area contributed by atoms with Gasteiger partial charge in [-0.3, -0.25) is 4.79 Å². The molecule has 1 aromatic carbocycles. The molecular formula is C19H22N2O2. The van der Waals surface area contributed by atoms with Gasteiger partial charge in [-0.15, -0.1) is 0 Å². The summed E-state index contributed by atoms with van der Waals surface area (Å²) in [5.41, 5.74) is 0.682. The molecule has 0 bridgehead atoms. The Morgan fingerprint density at radius 1 is 1.35 bits per heavy atom. The molecule has 0 saturated heterocycles. The van der Waals surface area contributed by atoms with Crippen LogP contribution >= 0.6 is 0 Å². The molecule has 0 fully saturated rings. The molecule has 4 nitrogen and oxygen atoms in total. The van der Waals surface area contributed by atoms with Crippen LogP contribution in [0.5, 0.6) is 0 Å². The minimum absolute atomic E-state index is 0.103. The van der Waals surface area contributed by atoms with Gasteiger partial charge in [0.1, 0.15) is 5.82 Å². The summed E-state index contributed by atoms with van der Waals surface area (Å²) in [5, 5.41) is 11.2. The van der Waals surface area contributed by atoms with Gasteiger partial charge in [-0.25, -0.2) is 4.98 Å². The Labute approximate surface area is 135 Å². The standard InChI is InChI=1S/C19H22N2O2/c1-2-3-7-17-20-16-9-8-14(12-15(16)18(22)21-17)13-19(23)10-5-4-6-11-19/h4-6,8-10,12,23H,2-3,7,11,13H2,1H3,(H,20,21,22). The second-order valence-electron chi connectivity index (χ2n) is 6.24. The van der Waals surface area contributed by atoms with Crippen molar-refractivity contribution in [1.82, 2.24) is 9.97 Å². The van der Waals surface area contributed by atoms with E-state index in [4.69, 9.17) is 0 Å². The van der Waals surface area contributed by atoms with Crippen LogP contribution in [0.4, 0.5) is 0 Å². The Kier molecular flexibility index (Phi) is 4.44. The number of hydrogen-bond acceptors (Lipinski definition) is 3. The van der Waals surface area contributed by atoms with Crippen LogP contribution in [0.25, 0.3) is 10.9 Å². The predicted molar refractivity (Wildman–Crippen MR) is 92.5 cm³/mol. The van der Waals surface area contributed by atoms with E-state index in [0.29, 0.717) is 18.2 Å². The number of rotatable bonds is 5. The number of nitrogens with one attached hydrogen (secondary N) is 1. The van der Waals surface area contributed by atoms with Crippen LogP contribution in [0.1, 0.15) is 37.6 Å². The van der Waals surface area contributed by atoms with Gasteiger partial charge in [0.25, 0.3) is 5.56 Å². The summed E-state index contributed by atoms with van der Waals surface area (Å²) in [4.78, 5) is 19.7. The van der Waals surface area contributed by atoms with Crippen LogP contribution in [-0.2, 0) is 12.8 Å². The van der Waals surface area contributed by atoms with Gasteiger partial charge in [-0.05, 0) is 30.5 Å². The van der Waals surface area contributed by atoms with Crippen molar-refractivity contribution in [3.05, 3.63) is 64.2 Å². The zero-order valence-corrected chi connectivity index (χ0v) is 13.4. The van der Waals surface area contributed by atoms with Crippen molar-refractivity contribution >= 4 is 10.9 Å². The molecule has 4 heteroatoms. The SMILES string of the molecule is CCCCc1nc2ccc(CC3(O)C=CC=CC3)cc2c(=O)[nH]1. The number of allylic oxidation sites excluding steroid dienone is 2. The molecule has 120 valence electrons. The van der Waals surface area contributed by atoms with Crippen LogP contribution in [-0.4, -0.2) is 20.7 Å². The minimum Gasteiger partial charge on any atom is -0.385 e. The third-order valence-electron chi connectivity index (χ3n) is 4.22. The monoisotopic (exact) mass is 310 g/mol. The van der Waals surface area contributed by atoms with Crippen molar-refractivity contribution in [3.63, 3.8) is 0 Å². The zero-order valence-electron chi connectivity index (χ0n) is 13.4. The first kappa shape index (κ1) is 15.7. The van der Waals surface area contributed by atoms with Gasteiger partial charge in [0.15, 0.2) is 0 Å². The third kappa shape index (κ3) is 3.59. The van der Waals surface area contributed by atoms with Gasteiger partial charge in [0, 0.05) is 12.8 Å². The van der Waals surface area contributed by atoms with Crippen LogP contribution < -0.4 is 5.56 Å². The normalized spacial score (nSPS) is 20.3. The molecular weight excluding hydrogens is 288 g/mol. The van der Waals surface area contributed by atoms with Gasteiger partial charge < -0.3 is 10.1 Å². The number of nitrogens with zero attached hydrogens (tertiary/aromatic N) is 1. The van der Waals surface area contributed by atoms with Crippen molar-refractivity contribution in [1.29, 1.82) is 0 Å². The molecule has 1 aliphatic rings. The first-order valence-corrected chi connectivity index (χ1v) is 8.18. The lowest BCUT2D eigenvalue weighted by Crippen LogP contribution is -2.29. The second-order valence-corrected chi connectivity index (χ2v) is 6.24. The van der Waals surface area contributed by atoms with E-state index >= 15 is 0 Å². The van der Waals surface area contributed by atoms with Crippen molar-refractivity contribution in [2.75, 3.05) is 0 Å². The lowest BCUT2D eigenvalue weighted by atomic mass is 9.88. The number of fused-ring (bicyclic) bond motifs is 1. The molecule has 23 heavy (non-hydrogen) atoms. The maximum absolute atomic E-state index is 12.3. The Bertz CT molecular complexity index is 820. The van der Waals surface area contributed by atoms with Gasteiger partial charge in [-0.2, -0.15) is 0 Å². The summed E-state index contributed by atoms with van der Waals surface area (Å²) in [6.45, 7) is 2.12. The van der Waals surface area contributed by atoms with Gasteiger partial charge in [0.05, 0.1) is 16.5 Å². The van der Waals surface area contributed by atoms with Crippen LogP contribution in [0.2, 0.25) is 0 Å². The molecule has 0 spiro atoms. The second kappa shape index (κ2) is 6.50. The molecule has 0 saturated carbocycles. The molecule has 1 aliphatic carbocycles. The number of aromatic amines is 1. The maximum atomic E-state index is 12.3. The fourth-order valence-corrected chi connectivity index (χ4v) is 2.94. The third-order valence-corrected chi connectivity index (χ3v) is 4.22. The topological polar surface area (TPSA) is 66.0 Å². The van der Waals surface area contributed by atoms with Gasteiger partial charge in [-0.1, -0.05) is 43.7 Å². The average molecular weight is 310 g/mol. The molecule has 0 aliphatic heterocycles. The Morgan fingerprint density at radius 3 is 2.96 bits per heavy atom. The molecule has 1 atom stereocenters. The Morgan fingerprint density at radius 2 is 2.22 bits per heavy atom. The summed E-state index contributed by atoms with van der Waals surface area (Å²) in [7, 11) is 0. The number of benzene rings is 1. The summed E-state index contributed by atoms with van der Waals surface area (Å²) in [5.74, 6) is 0.746. The van der Waals surface area contributed by atoms with E-state index in [9.17, 15) is 9.90 Å². The van der Waals surface area contributed by atoms with Crippen molar-refractivity contribution in [2.45, 2.75) is 44.6 Å². The first-order valence-electron chi connectivity index (χ1n) is 8.18. The molecule has 3 rings (SSSR count). The summed E-state index contributed by atoms with van der Waals surface area (Å²) in [6, 6.07) is 5.67. The molecule has 2 N–H and O–H groups in total. The highest BCUT2D eigenvalue weighted by molar-refractivity contribution is 5.78. The number of unbranched alkanes of at least 4 members (excludes halogenated alkanes) is 1. The zero-order chi connectivity index (χ0) is 16.3. The summed E-state index contributed by atoms with van der Waals surface area (Å²) in [6.07, 6.45) is 11.5. The number of H-pyrrole nitrogens is 1. The van der Waals surface area contributed by atoms with Crippen molar-refractivity contribution in [2.24, 2.45) is 0 Å². The Balaban J connectivity index is 1.90. The molecule has 1 unspecified atom stereocenters. The van der Waals surface area contributed by atoms with E-state index in [-0.39, 0.29) is 5.56 Å². The smallest absolute Gasteiger partial charge is 0.258 e. The van der Waals surface area contributed by atoms with Gasteiger partial charge >= 0.3 is 0 Å². The van der Waals surface area contributed by atoms with Crippen LogP contribution in [0.3, 0.4) is 0 Å². The number of aromatic nitrogens is 2. The van der Waals surface area contributed by atoms with E-state index in [2.05, 4.69) is 16.9 Å². The highest BCUT2D eigenvalue weighted by atomic mass is 16.3. The predicted octanol–water partition coefficient (Wildman–Crippen LogP) is 3.06. The number of aliphatic hydroxyl groups is 1. The van der Waals surface area contributed by atoms with E-state index in [1.54, 1.807) is 0 Å². The molecule has 1 heterocycles. The molecule has 0 amide bonds. The van der Waals surface area contributed by atoms with Crippen LogP contribution in [0, 0.1) is 0 Å². The van der Waals surface area contributed by atoms with Crippen LogP contribution in [0.15, 0.2) is 47.3 Å². The fourth-order valence-electron chi connectivity index (χ4n) is 2.94. The fraction of sp³-hybridized carbons (Fsp3) is 0.368.